The molecule has 0 amide bonds. The Labute approximate surface area is 104 Å². The summed E-state index contributed by atoms with van der Waals surface area (Å²) in [7, 11) is 0. The summed E-state index contributed by atoms with van der Waals surface area (Å²) in [4.78, 5) is 3.00. The average Bonchev–Trinajstić information content (AvgIpc) is 2.32. The molecule has 7 heteroatoms. The molecule has 0 bridgehead atoms. The predicted octanol–water partition coefficient (Wildman–Crippen LogP) is 4.04. The number of nitrogens with zero attached hydrogens (tertiary/aromatic N) is 1. The topological polar surface area (TPSA) is 24.9 Å². The summed E-state index contributed by atoms with van der Waals surface area (Å²) in [6, 6.07) is 4.26. The summed E-state index contributed by atoms with van der Waals surface area (Å²) in [6.45, 7) is 0. The van der Waals surface area contributed by atoms with Gasteiger partial charge in [-0.1, -0.05) is 17.7 Å². The fourth-order valence-electron chi connectivity index (χ4n) is 1.26. The van der Waals surface area contributed by atoms with Crippen LogP contribution in [-0.4, -0.2) is 4.98 Å². The van der Waals surface area contributed by atoms with Crippen molar-refractivity contribution in [1.29, 1.82) is 0 Å². The number of aromatic nitrogens is 1. The lowest BCUT2D eigenvalue weighted by molar-refractivity contribution is 0.467. The van der Waals surface area contributed by atoms with Crippen LogP contribution >= 0.6 is 11.6 Å². The van der Waals surface area contributed by atoms with E-state index in [1.807, 2.05) is 0 Å². The minimum Gasteiger partial charge on any atom is -0.335 e. The quantitative estimate of drug-likeness (QED) is 0.661. The Morgan fingerprint density at radius 1 is 1.06 bits per heavy atom. The second kappa shape index (κ2) is 4.81. The Morgan fingerprint density at radius 3 is 2.50 bits per heavy atom. The molecule has 2 nitrogen and oxygen atoms in total. The number of hydrogen-bond donors (Lipinski definition) is 1. The minimum atomic E-state index is -1.48. The summed E-state index contributed by atoms with van der Waals surface area (Å²) < 4.78 is 52.2. The zero-order chi connectivity index (χ0) is 13.3. The highest BCUT2D eigenvalue weighted by atomic mass is 35.5. The number of anilines is 2. The molecule has 1 heterocycles. The Bertz CT molecular complexity index is 604. The minimum absolute atomic E-state index is 0.192. The van der Waals surface area contributed by atoms with Crippen molar-refractivity contribution in [2.75, 3.05) is 5.32 Å². The molecule has 1 aromatic heterocycles. The lowest BCUT2D eigenvalue weighted by Crippen LogP contribution is -2.03. The maximum Gasteiger partial charge on any atom is 0.251 e. The molecule has 94 valence electrons. The van der Waals surface area contributed by atoms with Crippen LogP contribution in [0.15, 0.2) is 24.3 Å². The Hall–Kier alpha value is -1.82. The summed E-state index contributed by atoms with van der Waals surface area (Å²) in [5.74, 6) is -5.53. The molecule has 0 spiro atoms. The third kappa shape index (κ3) is 2.38. The molecule has 0 saturated heterocycles. The fraction of sp³-hybridized carbons (Fsp3) is 0. The molecule has 0 aliphatic carbocycles. The third-order valence-electron chi connectivity index (χ3n) is 2.09. The van der Waals surface area contributed by atoms with Crippen molar-refractivity contribution in [3.63, 3.8) is 0 Å². The van der Waals surface area contributed by atoms with E-state index in [9.17, 15) is 17.6 Å². The lowest BCUT2D eigenvalue weighted by atomic mass is 10.3. The van der Waals surface area contributed by atoms with Crippen LogP contribution in [0.1, 0.15) is 0 Å². The van der Waals surface area contributed by atoms with Crippen LogP contribution in [0, 0.1) is 23.4 Å². The van der Waals surface area contributed by atoms with Crippen LogP contribution in [0.25, 0.3) is 0 Å². The number of benzene rings is 1. The maximum atomic E-state index is 13.5. The van der Waals surface area contributed by atoms with Gasteiger partial charge in [0.05, 0.1) is 10.7 Å². The van der Waals surface area contributed by atoms with Crippen LogP contribution in [0.2, 0.25) is 5.02 Å². The van der Waals surface area contributed by atoms with Crippen molar-refractivity contribution in [1.82, 2.24) is 4.98 Å². The molecule has 0 aliphatic rings. The van der Waals surface area contributed by atoms with E-state index < -0.39 is 29.2 Å². The molecule has 0 saturated carbocycles. The number of nitrogens with one attached hydrogen (secondary N) is 1. The van der Waals surface area contributed by atoms with Crippen LogP contribution in [-0.2, 0) is 0 Å². The highest BCUT2D eigenvalue weighted by Gasteiger charge is 2.14. The second-order valence-electron chi connectivity index (χ2n) is 3.32. The van der Waals surface area contributed by atoms with E-state index in [1.165, 1.54) is 18.2 Å². The van der Waals surface area contributed by atoms with Gasteiger partial charge in [0, 0.05) is 6.07 Å². The fourth-order valence-corrected chi connectivity index (χ4v) is 1.43. The van der Waals surface area contributed by atoms with E-state index in [1.54, 1.807) is 0 Å². The standard InChI is InChI=1S/C11H5ClF4N2/c12-5-2-1-3-8(9(5)15)17-11-7(14)4-6(13)10(16)18-11/h1-4H,(H,17,18). The molecule has 1 aromatic carbocycles. The van der Waals surface area contributed by atoms with Gasteiger partial charge in [-0.3, -0.25) is 0 Å². The highest BCUT2D eigenvalue weighted by molar-refractivity contribution is 6.31. The second-order valence-corrected chi connectivity index (χ2v) is 3.73. The van der Waals surface area contributed by atoms with Gasteiger partial charge in [-0.05, 0) is 12.1 Å². The molecule has 2 rings (SSSR count). The van der Waals surface area contributed by atoms with Crippen LogP contribution in [0.5, 0.6) is 0 Å². The highest BCUT2D eigenvalue weighted by Crippen LogP contribution is 2.26. The van der Waals surface area contributed by atoms with Gasteiger partial charge in [0.25, 0.3) is 5.95 Å². The van der Waals surface area contributed by atoms with E-state index in [2.05, 4.69) is 10.3 Å². The zero-order valence-corrected chi connectivity index (χ0v) is 9.40. The van der Waals surface area contributed by atoms with Crippen molar-refractivity contribution in [2.45, 2.75) is 0 Å². The van der Waals surface area contributed by atoms with Crippen molar-refractivity contribution in [2.24, 2.45) is 0 Å². The Morgan fingerprint density at radius 2 is 1.78 bits per heavy atom. The third-order valence-corrected chi connectivity index (χ3v) is 2.38. The van der Waals surface area contributed by atoms with Crippen LogP contribution in [0.3, 0.4) is 0 Å². The van der Waals surface area contributed by atoms with E-state index in [0.717, 1.165) is 0 Å². The van der Waals surface area contributed by atoms with E-state index in [-0.39, 0.29) is 10.7 Å². The predicted molar refractivity (Wildman–Crippen MR) is 58.8 cm³/mol. The molecule has 2 aromatic rings. The number of pyridine rings is 1. The molecule has 0 fully saturated rings. The molecular weight excluding hydrogens is 272 g/mol. The molecule has 1 N–H and O–H groups in total. The van der Waals surface area contributed by atoms with Gasteiger partial charge in [0.1, 0.15) is 0 Å². The van der Waals surface area contributed by atoms with Crippen molar-refractivity contribution in [3.8, 4) is 0 Å². The molecular formula is C11H5ClF4N2. The largest absolute Gasteiger partial charge is 0.335 e. The van der Waals surface area contributed by atoms with Crippen LogP contribution in [0.4, 0.5) is 29.1 Å². The summed E-state index contributed by atoms with van der Waals surface area (Å²) in [5, 5.41) is 2.01. The monoisotopic (exact) mass is 276 g/mol. The van der Waals surface area contributed by atoms with E-state index >= 15 is 0 Å². The average molecular weight is 277 g/mol. The summed E-state index contributed by atoms with van der Waals surface area (Å²) in [5.41, 5.74) is -0.195. The first kappa shape index (κ1) is 12.6. The molecule has 0 radical (unpaired) electrons. The molecule has 0 aliphatic heterocycles. The van der Waals surface area contributed by atoms with E-state index in [4.69, 9.17) is 11.6 Å². The molecule has 18 heavy (non-hydrogen) atoms. The summed E-state index contributed by atoms with van der Waals surface area (Å²) >= 11 is 5.51. The maximum absolute atomic E-state index is 13.5. The van der Waals surface area contributed by atoms with Gasteiger partial charge in [-0.2, -0.15) is 9.37 Å². The van der Waals surface area contributed by atoms with Crippen molar-refractivity contribution < 1.29 is 17.6 Å². The first-order chi connectivity index (χ1) is 8.49. The van der Waals surface area contributed by atoms with Crippen molar-refractivity contribution >= 4 is 23.1 Å². The van der Waals surface area contributed by atoms with Gasteiger partial charge in [-0.25, -0.2) is 13.2 Å². The summed E-state index contributed by atoms with van der Waals surface area (Å²) in [6.07, 6.45) is 0. The normalized spacial score (nSPS) is 10.5. The SMILES string of the molecule is Fc1cc(F)c(Nc2cccc(Cl)c2F)nc1F. The zero-order valence-electron chi connectivity index (χ0n) is 8.65. The number of rotatable bonds is 2. The van der Waals surface area contributed by atoms with E-state index in [0.29, 0.717) is 6.07 Å². The molecule has 0 unspecified atom stereocenters. The van der Waals surface area contributed by atoms with Gasteiger partial charge in [-0.15, -0.1) is 0 Å². The first-order valence-electron chi connectivity index (χ1n) is 4.71. The Kier molecular flexibility index (Phi) is 3.38. The number of halogens is 5. The van der Waals surface area contributed by atoms with Gasteiger partial charge in [0.2, 0.25) is 0 Å². The van der Waals surface area contributed by atoms with Crippen LogP contribution < -0.4 is 5.32 Å². The first-order valence-corrected chi connectivity index (χ1v) is 5.09. The number of hydrogen-bond acceptors (Lipinski definition) is 2. The van der Waals surface area contributed by atoms with Gasteiger partial charge >= 0.3 is 0 Å². The Balaban J connectivity index is 2.40. The van der Waals surface area contributed by atoms with Gasteiger partial charge < -0.3 is 5.32 Å². The van der Waals surface area contributed by atoms with Gasteiger partial charge in [0.15, 0.2) is 23.3 Å². The van der Waals surface area contributed by atoms with Crippen molar-refractivity contribution in [3.05, 3.63) is 52.7 Å². The lowest BCUT2D eigenvalue weighted by Gasteiger charge is -2.08. The molecule has 0 atom stereocenters. The smallest absolute Gasteiger partial charge is 0.251 e.